The average Bonchev–Trinajstić information content (AvgIpc) is 2.66. The summed E-state index contributed by atoms with van der Waals surface area (Å²) in [7, 11) is 0. The predicted octanol–water partition coefficient (Wildman–Crippen LogP) is 6.98. The molecule has 1 aliphatic rings. The van der Waals surface area contributed by atoms with Gasteiger partial charge in [0.25, 0.3) is 0 Å². The Kier molecular flexibility index (Phi) is 8.59. The first kappa shape index (κ1) is 23.8. The third-order valence-corrected chi connectivity index (χ3v) is 6.82. The molecule has 2 N–H and O–H groups in total. The lowest BCUT2D eigenvalue weighted by Crippen LogP contribution is -2.52. The normalized spacial score (nSPS) is 24.9. The summed E-state index contributed by atoms with van der Waals surface area (Å²) < 4.78 is 42.6. The molecule has 3 unspecified atom stereocenters. The monoisotopic (exact) mass is 411 g/mol. The molecule has 2 rings (SSSR count). The van der Waals surface area contributed by atoms with Gasteiger partial charge in [0.15, 0.2) is 0 Å². The first-order valence-corrected chi connectivity index (χ1v) is 11.2. The number of halogens is 3. The highest BCUT2D eigenvalue weighted by atomic mass is 19.3. The van der Waals surface area contributed by atoms with Crippen molar-refractivity contribution in [1.29, 1.82) is 0 Å². The molecule has 0 spiro atoms. The van der Waals surface area contributed by atoms with Crippen LogP contribution in [0.3, 0.4) is 0 Å². The third-order valence-electron chi connectivity index (χ3n) is 6.82. The molecule has 1 fully saturated rings. The van der Waals surface area contributed by atoms with E-state index in [1.807, 2.05) is 6.92 Å². The van der Waals surface area contributed by atoms with Crippen LogP contribution in [0.25, 0.3) is 0 Å². The van der Waals surface area contributed by atoms with Crippen molar-refractivity contribution in [1.82, 2.24) is 0 Å². The molecule has 0 bridgehead atoms. The van der Waals surface area contributed by atoms with Crippen molar-refractivity contribution in [2.75, 3.05) is 0 Å². The fraction of sp³-hybridized carbons (Fsp3) is 0.708. The molecule has 0 radical (unpaired) electrons. The quantitative estimate of drug-likeness (QED) is 0.392. The maximum atomic E-state index is 14.4. The molecule has 0 aliphatic heterocycles. The zero-order valence-electron chi connectivity index (χ0n) is 17.9. The topological polar surface area (TPSA) is 43.1 Å². The van der Waals surface area contributed by atoms with Gasteiger partial charge in [0.1, 0.15) is 5.82 Å². The van der Waals surface area contributed by atoms with Gasteiger partial charge in [0, 0.05) is 12.8 Å². The number of carbonyl (C=O) groups is 1. The standard InChI is InChI=1S/C24H36F3NO/c1-3-5-6-7-8-9-12-19-17-23(26,27)14-15-24(19,22(28)29)21(4-2)18-11-10-13-20(25)16-18/h10-11,13,16,19,21H,3-9,12,14-15,17H2,1-2H3,(H2,28,29). The van der Waals surface area contributed by atoms with Crippen molar-refractivity contribution in [3.05, 3.63) is 35.6 Å². The number of hydrogen-bond acceptors (Lipinski definition) is 1. The van der Waals surface area contributed by atoms with E-state index in [0.717, 1.165) is 32.1 Å². The van der Waals surface area contributed by atoms with Crippen LogP contribution < -0.4 is 5.73 Å². The summed E-state index contributed by atoms with van der Waals surface area (Å²) >= 11 is 0. The minimum absolute atomic E-state index is 0.0604. The third kappa shape index (κ3) is 5.76. The number of nitrogens with two attached hydrogens (primary N) is 1. The second kappa shape index (κ2) is 10.5. The second-order valence-electron chi connectivity index (χ2n) is 8.73. The van der Waals surface area contributed by atoms with E-state index < -0.39 is 23.2 Å². The molecule has 5 heteroatoms. The van der Waals surface area contributed by atoms with Gasteiger partial charge in [-0.15, -0.1) is 0 Å². The van der Waals surface area contributed by atoms with Crippen molar-refractivity contribution in [2.24, 2.45) is 17.1 Å². The first-order chi connectivity index (χ1) is 13.8. The highest BCUT2D eigenvalue weighted by molar-refractivity contribution is 5.82. The molecule has 1 amide bonds. The van der Waals surface area contributed by atoms with E-state index in [4.69, 9.17) is 5.73 Å². The zero-order chi connectivity index (χ0) is 21.5. The maximum absolute atomic E-state index is 14.4. The summed E-state index contributed by atoms with van der Waals surface area (Å²) in [6, 6.07) is 6.18. The van der Waals surface area contributed by atoms with Crippen molar-refractivity contribution in [2.45, 2.75) is 96.3 Å². The summed E-state index contributed by atoms with van der Waals surface area (Å²) in [5.41, 5.74) is 5.56. The Morgan fingerprint density at radius 2 is 1.83 bits per heavy atom. The Hall–Kier alpha value is -1.52. The Balaban J connectivity index is 2.29. The molecular weight excluding hydrogens is 375 g/mol. The van der Waals surface area contributed by atoms with Crippen molar-refractivity contribution in [3.63, 3.8) is 0 Å². The molecule has 1 aliphatic carbocycles. The maximum Gasteiger partial charge on any atom is 0.248 e. The number of rotatable bonds is 11. The average molecular weight is 412 g/mol. The van der Waals surface area contributed by atoms with E-state index in [1.165, 1.54) is 18.6 Å². The summed E-state index contributed by atoms with van der Waals surface area (Å²) in [5, 5.41) is 0. The van der Waals surface area contributed by atoms with E-state index in [9.17, 15) is 18.0 Å². The fourth-order valence-corrected chi connectivity index (χ4v) is 5.34. The number of alkyl halides is 2. The lowest BCUT2D eigenvalue weighted by atomic mass is 9.55. The van der Waals surface area contributed by atoms with Crippen LogP contribution in [0.15, 0.2) is 24.3 Å². The number of unbranched alkanes of at least 4 members (excludes halogenated alkanes) is 5. The van der Waals surface area contributed by atoms with Crippen LogP contribution in [0.2, 0.25) is 0 Å². The predicted molar refractivity (Wildman–Crippen MR) is 111 cm³/mol. The van der Waals surface area contributed by atoms with E-state index in [2.05, 4.69) is 6.92 Å². The number of primary amides is 1. The number of amides is 1. The minimum Gasteiger partial charge on any atom is -0.369 e. The van der Waals surface area contributed by atoms with E-state index in [1.54, 1.807) is 12.1 Å². The van der Waals surface area contributed by atoms with Crippen LogP contribution in [-0.2, 0) is 4.79 Å². The molecule has 164 valence electrons. The number of benzene rings is 1. The lowest BCUT2D eigenvalue weighted by Gasteiger charge is -2.49. The van der Waals surface area contributed by atoms with Gasteiger partial charge in [-0.3, -0.25) is 4.79 Å². The van der Waals surface area contributed by atoms with Gasteiger partial charge in [-0.1, -0.05) is 64.5 Å². The Bertz CT molecular complexity index is 663. The van der Waals surface area contributed by atoms with Gasteiger partial charge >= 0.3 is 0 Å². The summed E-state index contributed by atoms with van der Waals surface area (Å²) in [5.74, 6) is -4.50. The molecule has 3 atom stereocenters. The van der Waals surface area contributed by atoms with Gasteiger partial charge < -0.3 is 5.73 Å². The van der Waals surface area contributed by atoms with E-state index >= 15 is 0 Å². The van der Waals surface area contributed by atoms with Gasteiger partial charge in [-0.2, -0.15) is 0 Å². The molecule has 1 saturated carbocycles. The highest BCUT2D eigenvalue weighted by Gasteiger charge is 2.56. The molecular formula is C24H36F3NO. The van der Waals surface area contributed by atoms with Crippen molar-refractivity contribution in [3.8, 4) is 0 Å². The zero-order valence-corrected chi connectivity index (χ0v) is 17.9. The lowest BCUT2D eigenvalue weighted by molar-refractivity contribution is -0.149. The summed E-state index contributed by atoms with van der Waals surface area (Å²) in [6.07, 6.45) is 6.92. The van der Waals surface area contributed by atoms with Crippen LogP contribution in [0.1, 0.15) is 96.0 Å². The Morgan fingerprint density at radius 1 is 1.14 bits per heavy atom. The van der Waals surface area contributed by atoms with Crippen LogP contribution in [-0.4, -0.2) is 11.8 Å². The van der Waals surface area contributed by atoms with Gasteiger partial charge in [0.05, 0.1) is 5.41 Å². The molecule has 0 saturated heterocycles. The van der Waals surface area contributed by atoms with Crippen LogP contribution >= 0.6 is 0 Å². The largest absolute Gasteiger partial charge is 0.369 e. The Morgan fingerprint density at radius 3 is 2.45 bits per heavy atom. The molecule has 1 aromatic carbocycles. The minimum atomic E-state index is -2.77. The molecule has 0 heterocycles. The van der Waals surface area contributed by atoms with Crippen LogP contribution in [0, 0.1) is 17.2 Å². The summed E-state index contributed by atoms with van der Waals surface area (Å²) in [6.45, 7) is 4.08. The van der Waals surface area contributed by atoms with E-state index in [0.29, 0.717) is 18.4 Å². The Labute approximate surface area is 173 Å². The van der Waals surface area contributed by atoms with Crippen LogP contribution in [0.5, 0.6) is 0 Å². The van der Waals surface area contributed by atoms with Gasteiger partial charge in [-0.25, -0.2) is 13.2 Å². The second-order valence-corrected chi connectivity index (χ2v) is 8.73. The molecule has 2 nitrogen and oxygen atoms in total. The van der Waals surface area contributed by atoms with Gasteiger partial charge in [-0.05, 0) is 48.8 Å². The summed E-state index contributed by atoms with van der Waals surface area (Å²) in [4.78, 5) is 12.8. The molecule has 29 heavy (non-hydrogen) atoms. The number of hydrogen-bond donors (Lipinski definition) is 1. The highest BCUT2D eigenvalue weighted by Crippen LogP contribution is 2.57. The van der Waals surface area contributed by atoms with Crippen molar-refractivity contribution >= 4 is 5.91 Å². The first-order valence-electron chi connectivity index (χ1n) is 11.2. The molecule has 1 aromatic rings. The fourth-order valence-electron chi connectivity index (χ4n) is 5.34. The van der Waals surface area contributed by atoms with Gasteiger partial charge in [0.2, 0.25) is 11.8 Å². The van der Waals surface area contributed by atoms with Crippen molar-refractivity contribution < 1.29 is 18.0 Å². The SMILES string of the molecule is CCCCCCCCC1CC(F)(F)CCC1(C(N)=O)C(CC)c1cccc(F)c1. The molecule has 0 aromatic heterocycles. The number of carbonyl (C=O) groups excluding carboxylic acids is 1. The van der Waals surface area contributed by atoms with Crippen LogP contribution in [0.4, 0.5) is 13.2 Å². The smallest absolute Gasteiger partial charge is 0.248 e. The van der Waals surface area contributed by atoms with E-state index in [-0.39, 0.29) is 31.0 Å².